The lowest BCUT2D eigenvalue weighted by molar-refractivity contribution is 0.0175. The van der Waals surface area contributed by atoms with Gasteiger partial charge in [-0.2, -0.15) is 0 Å². The van der Waals surface area contributed by atoms with Crippen molar-refractivity contribution < 1.29 is 17.6 Å². The smallest absolute Gasteiger partial charge is 0.256 e. The number of benzene rings is 2. The van der Waals surface area contributed by atoms with Gasteiger partial charge in [-0.1, -0.05) is 12.1 Å². The van der Waals surface area contributed by atoms with Gasteiger partial charge in [0.2, 0.25) is 0 Å². The van der Waals surface area contributed by atoms with Gasteiger partial charge in [0.05, 0.1) is 4.90 Å². The first-order valence-corrected chi connectivity index (χ1v) is 11.1. The average molecular weight is 416 g/mol. The summed E-state index contributed by atoms with van der Waals surface area (Å²) in [4.78, 5) is 18.5. The molecule has 0 saturated carbocycles. The third kappa shape index (κ3) is 3.57. The molecular formula is C20H21FN4O3S. The van der Waals surface area contributed by atoms with E-state index in [1.165, 1.54) is 24.3 Å². The van der Waals surface area contributed by atoms with Crippen LogP contribution in [0.1, 0.15) is 28.8 Å². The molecule has 0 aromatic heterocycles. The van der Waals surface area contributed by atoms with Crippen LogP contribution in [0.5, 0.6) is 0 Å². The van der Waals surface area contributed by atoms with Gasteiger partial charge in [-0.15, -0.1) is 0 Å². The second-order valence-corrected chi connectivity index (χ2v) is 9.40. The maximum absolute atomic E-state index is 15.0. The molecular weight excluding hydrogens is 395 g/mol. The second-order valence-electron chi connectivity index (χ2n) is 7.38. The number of alkyl halides is 1. The molecule has 2 unspecified atom stereocenters. The van der Waals surface area contributed by atoms with Crippen LogP contribution in [-0.4, -0.2) is 49.8 Å². The van der Waals surface area contributed by atoms with Crippen molar-refractivity contribution in [2.75, 3.05) is 18.1 Å². The molecule has 3 N–H and O–H groups in total. The van der Waals surface area contributed by atoms with Gasteiger partial charge in [0.1, 0.15) is 11.5 Å². The van der Waals surface area contributed by atoms with Gasteiger partial charge < -0.3 is 16.0 Å². The fourth-order valence-corrected chi connectivity index (χ4v) is 4.41. The van der Waals surface area contributed by atoms with Crippen molar-refractivity contribution in [1.82, 2.24) is 4.90 Å². The monoisotopic (exact) mass is 416 g/mol. The average Bonchev–Trinajstić information content (AvgIpc) is 2.67. The summed E-state index contributed by atoms with van der Waals surface area (Å²) in [6.45, 7) is 0.153. The molecule has 2 heterocycles. The lowest BCUT2D eigenvalue weighted by Crippen LogP contribution is -2.55. The van der Waals surface area contributed by atoms with Gasteiger partial charge >= 0.3 is 0 Å². The molecule has 1 fully saturated rings. The largest absolute Gasteiger partial charge is 0.383 e. The van der Waals surface area contributed by atoms with Crippen molar-refractivity contribution in [3.8, 4) is 0 Å². The van der Waals surface area contributed by atoms with Crippen LogP contribution in [0.25, 0.3) is 0 Å². The quantitative estimate of drug-likeness (QED) is 0.730. The number of amidine groups is 1. The first-order chi connectivity index (χ1) is 13.7. The summed E-state index contributed by atoms with van der Waals surface area (Å²) in [5.41, 5.74) is 7.00. The molecule has 1 amide bonds. The minimum atomic E-state index is -3.36. The Kier molecular flexibility index (Phi) is 4.57. The molecule has 1 spiro atoms. The molecule has 4 rings (SSSR count). The summed E-state index contributed by atoms with van der Waals surface area (Å²) in [6, 6.07) is 12.9. The van der Waals surface area contributed by atoms with Crippen molar-refractivity contribution in [3.63, 3.8) is 0 Å². The van der Waals surface area contributed by atoms with E-state index in [4.69, 9.17) is 5.73 Å². The van der Waals surface area contributed by atoms with Crippen molar-refractivity contribution in [3.05, 3.63) is 59.7 Å². The van der Waals surface area contributed by atoms with Crippen LogP contribution >= 0.6 is 0 Å². The van der Waals surface area contributed by atoms with E-state index in [1.54, 1.807) is 0 Å². The van der Waals surface area contributed by atoms with E-state index in [0.717, 1.165) is 22.4 Å². The summed E-state index contributed by atoms with van der Waals surface area (Å²) in [7, 11) is -3.36. The van der Waals surface area contributed by atoms with E-state index >= 15 is 4.39 Å². The highest BCUT2D eigenvalue weighted by Crippen LogP contribution is 2.37. The minimum absolute atomic E-state index is 0.0325. The number of carbonyl (C=O) groups is 1. The molecule has 0 aliphatic carbocycles. The molecule has 1 saturated heterocycles. The number of piperidine rings is 1. The third-order valence-corrected chi connectivity index (χ3v) is 6.43. The van der Waals surface area contributed by atoms with Gasteiger partial charge in [-0.25, -0.2) is 17.8 Å². The number of amides is 1. The van der Waals surface area contributed by atoms with Crippen LogP contribution in [0.15, 0.2) is 58.4 Å². The number of hydrogen-bond donors (Lipinski definition) is 2. The number of nitrogens with one attached hydrogen (secondary N) is 1. The van der Waals surface area contributed by atoms with Crippen molar-refractivity contribution >= 4 is 27.3 Å². The molecule has 2 aliphatic rings. The standard InChI is InChI=1S/C20H21FN4O3S/c1-29(27,28)14-8-6-13(7-9-14)19(26)25-11-10-20(12-17(25)21)23-16-5-3-2-4-15(16)18(22)24-20/h2-9,17,23H,10-12H2,1H3,(H2,22,24). The fourth-order valence-electron chi connectivity index (χ4n) is 3.78. The van der Waals surface area contributed by atoms with Gasteiger partial charge in [0.15, 0.2) is 16.1 Å². The van der Waals surface area contributed by atoms with Crippen LogP contribution in [0, 0.1) is 0 Å². The van der Waals surface area contributed by atoms with Crippen LogP contribution in [0.2, 0.25) is 0 Å². The number of sulfone groups is 1. The van der Waals surface area contributed by atoms with Gasteiger partial charge in [-0.05, 0) is 36.4 Å². The molecule has 9 heteroatoms. The number of nitrogens with zero attached hydrogens (tertiary/aromatic N) is 2. The summed E-state index contributed by atoms with van der Waals surface area (Å²) in [6.07, 6.45) is -0.0992. The first kappa shape index (κ1) is 19.4. The fraction of sp³-hybridized carbons (Fsp3) is 0.300. The Bertz CT molecular complexity index is 1100. The molecule has 0 bridgehead atoms. The molecule has 0 radical (unpaired) electrons. The number of para-hydroxylation sites is 1. The number of halogens is 1. The van der Waals surface area contributed by atoms with Crippen LogP contribution in [0.4, 0.5) is 10.1 Å². The van der Waals surface area contributed by atoms with E-state index < -0.39 is 27.7 Å². The predicted molar refractivity (Wildman–Crippen MR) is 108 cm³/mol. The number of likely N-dealkylation sites (tertiary alicyclic amines) is 1. The lowest BCUT2D eigenvalue weighted by atomic mass is 9.92. The molecule has 2 aromatic carbocycles. The number of carbonyl (C=O) groups excluding carboxylic acids is 1. The number of fused-ring (bicyclic) bond motifs is 1. The first-order valence-electron chi connectivity index (χ1n) is 9.17. The Morgan fingerprint density at radius 2 is 1.93 bits per heavy atom. The van der Waals surface area contributed by atoms with E-state index in [2.05, 4.69) is 10.3 Å². The zero-order valence-corrected chi connectivity index (χ0v) is 16.6. The zero-order chi connectivity index (χ0) is 20.8. The minimum Gasteiger partial charge on any atom is -0.383 e. The zero-order valence-electron chi connectivity index (χ0n) is 15.8. The summed E-state index contributed by atoms with van der Waals surface area (Å²) < 4.78 is 38.2. The topological polar surface area (TPSA) is 105 Å². The van der Waals surface area contributed by atoms with Crippen LogP contribution in [-0.2, 0) is 9.84 Å². The highest BCUT2D eigenvalue weighted by atomic mass is 32.2. The molecule has 152 valence electrons. The van der Waals surface area contributed by atoms with E-state index in [1.807, 2.05) is 24.3 Å². The summed E-state index contributed by atoms with van der Waals surface area (Å²) >= 11 is 0. The number of aliphatic imine (C=N–C) groups is 1. The van der Waals surface area contributed by atoms with Gasteiger partial charge in [0, 0.05) is 42.5 Å². The Labute approximate surface area is 168 Å². The molecule has 2 aliphatic heterocycles. The maximum atomic E-state index is 15.0. The number of rotatable bonds is 2. The van der Waals surface area contributed by atoms with E-state index in [-0.39, 0.29) is 23.4 Å². The van der Waals surface area contributed by atoms with Gasteiger partial charge in [-0.3, -0.25) is 4.79 Å². The molecule has 2 atom stereocenters. The molecule has 2 aromatic rings. The lowest BCUT2D eigenvalue weighted by Gasteiger charge is -2.44. The highest BCUT2D eigenvalue weighted by Gasteiger charge is 2.44. The Balaban J connectivity index is 1.53. The predicted octanol–water partition coefficient (Wildman–Crippen LogP) is 2.15. The summed E-state index contributed by atoms with van der Waals surface area (Å²) in [5.74, 6) is -0.136. The summed E-state index contributed by atoms with van der Waals surface area (Å²) in [5, 5.41) is 3.28. The number of hydrogen-bond acceptors (Lipinski definition) is 6. The number of nitrogens with two attached hydrogens (primary N) is 1. The Hall–Kier alpha value is -2.94. The normalized spacial score (nSPS) is 23.9. The van der Waals surface area contributed by atoms with Crippen molar-refractivity contribution in [2.45, 2.75) is 29.7 Å². The maximum Gasteiger partial charge on any atom is 0.256 e. The molecule has 29 heavy (non-hydrogen) atoms. The van der Waals surface area contributed by atoms with Gasteiger partial charge in [0.25, 0.3) is 5.91 Å². The van der Waals surface area contributed by atoms with E-state index in [0.29, 0.717) is 12.3 Å². The Morgan fingerprint density at radius 1 is 1.24 bits per heavy atom. The van der Waals surface area contributed by atoms with Crippen LogP contribution < -0.4 is 11.1 Å². The second kappa shape index (κ2) is 6.84. The third-order valence-electron chi connectivity index (χ3n) is 5.31. The van der Waals surface area contributed by atoms with Crippen molar-refractivity contribution in [1.29, 1.82) is 0 Å². The highest BCUT2D eigenvalue weighted by molar-refractivity contribution is 7.90. The van der Waals surface area contributed by atoms with E-state index in [9.17, 15) is 13.2 Å². The molecule has 7 nitrogen and oxygen atoms in total. The SMILES string of the molecule is CS(=O)(=O)c1ccc(C(=O)N2CCC3(CC2F)N=C(N)c2ccccc2N3)cc1. The number of anilines is 1. The Morgan fingerprint density at radius 3 is 2.59 bits per heavy atom. The van der Waals surface area contributed by atoms with Crippen molar-refractivity contribution in [2.24, 2.45) is 10.7 Å². The van der Waals surface area contributed by atoms with Crippen LogP contribution in [0.3, 0.4) is 0 Å².